The second-order valence-corrected chi connectivity index (χ2v) is 17.2. The van der Waals surface area contributed by atoms with E-state index in [4.69, 9.17) is 14.5 Å². The molecule has 3 N–H and O–H groups in total. The third-order valence-corrected chi connectivity index (χ3v) is 12.5. The molecule has 12 nitrogen and oxygen atoms in total. The van der Waals surface area contributed by atoms with E-state index in [2.05, 4.69) is 37.9 Å². The van der Waals surface area contributed by atoms with Gasteiger partial charge in [-0.1, -0.05) is 89.9 Å². The Bertz CT molecular complexity index is 1750. The molecular weight excluding hydrogens is 757 g/mol. The van der Waals surface area contributed by atoms with Gasteiger partial charge in [-0.05, 0) is 74.4 Å². The van der Waals surface area contributed by atoms with E-state index in [1.54, 1.807) is 36.6 Å². The van der Waals surface area contributed by atoms with Gasteiger partial charge in [0.2, 0.25) is 5.91 Å². The van der Waals surface area contributed by atoms with Crippen LogP contribution >= 0.6 is 11.3 Å². The van der Waals surface area contributed by atoms with Gasteiger partial charge in [-0.15, -0.1) is 11.3 Å². The van der Waals surface area contributed by atoms with Gasteiger partial charge >= 0.3 is 5.97 Å². The summed E-state index contributed by atoms with van der Waals surface area (Å²) in [6, 6.07) is 15.5. The molecule has 318 valence electrons. The number of methoxy groups -OCH3 is 1. The smallest absolute Gasteiger partial charge is 0.306 e. The molecule has 13 heteroatoms. The Kier molecular flexibility index (Phi) is 18.3. The fourth-order valence-electron chi connectivity index (χ4n) is 7.81. The number of aromatic hydroxyl groups is 1. The minimum atomic E-state index is -0.961. The predicted molar refractivity (Wildman–Crippen MR) is 225 cm³/mol. The summed E-state index contributed by atoms with van der Waals surface area (Å²) >= 11 is 1.28. The zero-order valence-corrected chi connectivity index (χ0v) is 36.1. The Morgan fingerprint density at radius 2 is 1.71 bits per heavy atom. The maximum absolute atomic E-state index is 15.1. The van der Waals surface area contributed by atoms with Crippen molar-refractivity contribution < 1.29 is 38.9 Å². The molecule has 3 aromatic rings. The molecule has 0 bridgehead atoms. The second kappa shape index (κ2) is 22.8. The number of piperidine rings is 1. The molecule has 1 aliphatic heterocycles. The summed E-state index contributed by atoms with van der Waals surface area (Å²) in [4.78, 5) is 63.3. The maximum Gasteiger partial charge on any atom is 0.306 e. The van der Waals surface area contributed by atoms with E-state index in [0.29, 0.717) is 24.4 Å². The number of nitrogens with one attached hydrogen (secondary N) is 1. The monoisotopic (exact) mass is 820 g/mol. The number of aliphatic carboxylic acids is 1. The number of thiazole rings is 1. The molecule has 1 fully saturated rings. The molecule has 0 saturated carbocycles. The average molecular weight is 821 g/mol. The van der Waals surface area contributed by atoms with Crippen LogP contribution in [0.5, 0.6) is 5.75 Å². The molecule has 1 aliphatic rings. The van der Waals surface area contributed by atoms with Crippen molar-refractivity contribution in [3.63, 3.8) is 0 Å². The number of carboxylic acid groups (broad SMARTS) is 1. The zero-order chi connectivity index (χ0) is 42.4. The summed E-state index contributed by atoms with van der Waals surface area (Å²) in [7, 11) is 3.54. The number of benzene rings is 2. The first-order chi connectivity index (χ1) is 27.7. The van der Waals surface area contributed by atoms with E-state index in [9.17, 15) is 24.6 Å². The van der Waals surface area contributed by atoms with Crippen LogP contribution in [0.15, 0.2) is 60.0 Å². The van der Waals surface area contributed by atoms with E-state index in [1.807, 2.05) is 42.3 Å². The highest BCUT2D eigenvalue weighted by atomic mass is 32.1. The number of likely N-dealkylation sites (tertiary alicyclic amines) is 1. The van der Waals surface area contributed by atoms with Gasteiger partial charge in [-0.3, -0.25) is 24.1 Å². The first kappa shape index (κ1) is 46.5. The van der Waals surface area contributed by atoms with Crippen molar-refractivity contribution in [1.29, 1.82) is 0 Å². The molecule has 2 heterocycles. The summed E-state index contributed by atoms with van der Waals surface area (Å²) in [6.07, 6.45) is 4.11. The number of carbonyl (C=O) groups is 4. The summed E-state index contributed by atoms with van der Waals surface area (Å²) in [5.41, 5.74) is 1.98. The van der Waals surface area contributed by atoms with Gasteiger partial charge in [0.05, 0.1) is 12.0 Å². The third-order valence-electron chi connectivity index (χ3n) is 11.5. The van der Waals surface area contributed by atoms with E-state index in [1.165, 1.54) is 18.4 Å². The van der Waals surface area contributed by atoms with Crippen molar-refractivity contribution in [3.05, 3.63) is 81.8 Å². The van der Waals surface area contributed by atoms with Crippen molar-refractivity contribution in [2.24, 2.45) is 23.7 Å². The Morgan fingerprint density at radius 3 is 2.33 bits per heavy atom. The number of carboxylic acids is 1. The molecular formula is C45H64N4O8S. The van der Waals surface area contributed by atoms with E-state index in [0.717, 1.165) is 43.4 Å². The quantitative estimate of drug-likeness (QED) is 0.0818. The van der Waals surface area contributed by atoms with Crippen LogP contribution in [0.2, 0.25) is 0 Å². The van der Waals surface area contributed by atoms with E-state index < -0.39 is 35.9 Å². The minimum Gasteiger partial charge on any atom is -0.508 e. The number of carbonyl (C=O) groups excluding carboxylic acids is 3. The molecule has 0 spiro atoms. The topological polar surface area (TPSA) is 159 Å². The molecule has 2 aromatic carbocycles. The van der Waals surface area contributed by atoms with Crippen LogP contribution < -0.4 is 5.32 Å². The van der Waals surface area contributed by atoms with Crippen LogP contribution in [0.3, 0.4) is 0 Å². The Hall–Kier alpha value is -4.17. The number of phenolic OH excluding ortho intramolecular Hbond substituents is 1. The minimum absolute atomic E-state index is 0.0151. The number of phenols is 1. The highest BCUT2D eigenvalue weighted by Crippen LogP contribution is 2.34. The SMILES string of the molecule is CCC(C)C(CC(=O)C1CCCCN1C)C(=O)N(Cc1ccccc1)[C@H](C[C@@H](OCOC)c1nc(C(=O)N[C@@H](Cc2ccc(O)cc2)C[C@H](C)C(=O)O)cs1)C(C)C. The molecule has 1 saturated heterocycles. The number of nitrogens with zero attached hydrogens (tertiary/aromatic N) is 3. The van der Waals surface area contributed by atoms with Crippen molar-refractivity contribution in [2.75, 3.05) is 27.5 Å². The summed E-state index contributed by atoms with van der Waals surface area (Å²) in [5.74, 6) is -2.46. The van der Waals surface area contributed by atoms with Gasteiger partial charge in [-0.25, -0.2) is 4.98 Å². The molecule has 58 heavy (non-hydrogen) atoms. The fourth-order valence-corrected chi connectivity index (χ4v) is 8.67. The zero-order valence-electron chi connectivity index (χ0n) is 35.3. The van der Waals surface area contributed by atoms with Crippen LogP contribution in [0, 0.1) is 23.7 Å². The molecule has 4 rings (SSSR count). The van der Waals surface area contributed by atoms with Gasteiger partial charge in [0.1, 0.15) is 29.3 Å². The summed E-state index contributed by atoms with van der Waals surface area (Å²) in [6.45, 7) is 11.1. The molecule has 7 atom stereocenters. The average Bonchev–Trinajstić information content (AvgIpc) is 3.70. The van der Waals surface area contributed by atoms with Crippen LogP contribution in [-0.4, -0.2) is 94.2 Å². The lowest BCUT2D eigenvalue weighted by Gasteiger charge is -2.40. The van der Waals surface area contributed by atoms with Gasteiger partial charge in [0.15, 0.2) is 5.78 Å². The van der Waals surface area contributed by atoms with Gasteiger partial charge in [-0.2, -0.15) is 0 Å². The number of amides is 2. The lowest BCUT2D eigenvalue weighted by Crippen LogP contribution is -2.49. The Labute approximate surface area is 348 Å². The molecule has 3 unspecified atom stereocenters. The Morgan fingerprint density at radius 1 is 1.00 bits per heavy atom. The first-order valence-electron chi connectivity index (χ1n) is 20.7. The molecule has 0 radical (unpaired) electrons. The standard InChI is InChI=1S/C45H64N4O8S/c1-8-30(4)36(24-40(51)38-16-12-13-21-48(38)6)44(53)49(26-33-14-10-9-11-15-33)39(29(2)3)25-41(57-28-56-7)43-47-37(27-58-43)42(52)46-34(22-31(5)45(54)55)23-32-17-19-35(50)20-18-32/h9-11,14-15,17-20,27,29-31,34,36,38-39,41,50H,8,12-13,16,21-26,28H2,1-7H3,(H,46,52)(H,54,55)/t30?,31-,34+,36?,38?,39+,41+/m0/s1. The number of likely N-dealkylation sites (N-methyl/N-ethyl adjacent to an activating group) is 1. The van der Waals surface area contributed by atoms with Crippen molar-refractivity contribution >= 4 is 34.9 Å². The van der Waals surface area contributed by atoms with Crippen molar-refractivity contribution in [2.45, 2.75) is 117 Å². The lowest BCUT2D eigenvalue weighted by atomic mass is 9.82. The normalized spacial score (nSPS) is 17.8. The van der Waals surface area contributed by atoms with E-state index >= 15 is 4.79 Å². The number of ketones is 1. The molecule has 0 aliphatic carbocycles. The number of hydrogen-bond acceptors (Lipinski definition) is 10. The fraction of sp³-hybridized carbons (Fsp3) is 0.578. The van der Waals surface area contributed by atoms with Gasteiger partial charge < -0.3 is 29.9 Å². The maximum atomic E-state index is 15.1. The molecule has 2 amide bonds. The number of ether oxygens (including phenoxy) is 2. The summed E-state index contributed by atoms with van der Waals surface area (Å²) < 4.78 is 11.6. The van der Waals surface area contributed by atoms with Crippen LogP contribution in [-0.2, 0) is 36.8 Å². The second-order valence-electron chi connectivity index (χ2n) is 16.3. The van der Waals surface area contributed by atoms with Crippen LogP contribution in [0.25, 0.3) is 0 Å². The largest absolute Gasteiger partial charge is 0.508 e. The van der Waals surface area contributed by atoms with Crippen molar-refractivity contribution in [3.8, 4) is 5.75 Å². The predicted octanol–water partition coefficient (Wildman–Crippen LogP) is 7.51. The highest BCUT2D eigenvalue weighted by molar-refractivity contribution is 7.09. The number of Topliss-reactive ketones (excluding diaryl/α,β-unsaturated/α-hetero) is 1. The molecule has 1 aromatic heterocycles. The van der Waals surface area contributed by atoms with Gasteiger partial charge in [0, 0.05) is 49.9 Å². The number of rotatable bonds is 23. The first-order valence-corrected chi connectivity index (χ1v) is 21.5. The lowest BCUT2D eigenvalue weighted by molar-refractivity contribution is -0.146. The van der Waals surface area contributed by atoms with Crippen LogP contribution in [0.4, 0.5) is 0 Å². The van der Waals surface area contributed by atoms with Gasteiger partial charge in [0.25, 0.3) is 5.91 Å². The van der Waals surface area contributed by atoms with E-state index in [-0.39, 0.29) is 66.7 Å². The Balaban J connectivity index is 1.63. The third kappa shape index (κ3) is 13.4. The van der Waals surface area contributed by atoms with Crippen LogP contribution in [0.1, 0.15) is 112 Å². The highest BCUT2D eigenvalue weighted by Gasteiger charge is 2.39. The summed E-state index contributed by atoms with van der Waals surface area (Å²) in [5, 5.41) is 24.6. The van der Waals surface area contributed by atoms with Crippen molar-refractivity contribution in [1.82, 2.24) is 20.1 Å². The number of aromatic nitrogens is 1. The number of hydrogen-bond donors (Lipinski definition) is 3.